The molecule has 0 unspecified atom stereocenters. The van der Waals surface area contributed by atoms with Crippen LogP contribution in [0.2, 0.25) is 0 Å². The molecule has 0 bridgehead atoms. The second-order valence-electron chi connectivity index (χ2n) is 3.98. The Morgan fingerprint density at radius 1 is 0.952 bits per heavy atom. The molecule has 0 aliphatic heterocycles. The van der Waals surface area contributed by atoms with E-state index in [2.05, 4.69) is 0 Å². The van der Waals surface area contributed by atoms with Gasteiger partial charge in [0.05, 0.1) is 8.22 Å². The predicted molar refractivity (Wildman–Crippen MR) is 74.6 cm³/mol. The smallest absolute Gasteiger partial charge is 0.201 e. The van der Waals surface area contributed by atoms with Crippen molar-refractivity contribution >= 4 is 11.0 Å². The minimum absolute atomic E-state index is 0.627. The second-order valence-corrected chi connectivity index (χ2v) is 3.98. The van der Waals surface area contributed by atoms with Gasteiger partial charge in [-0.2, -0.15) is 0 Å². The van der Waals surface area contributed by atoms with E-state index in [9.17, 15) is 25.2 Å². The molecule has 3 rings (SSSR count). The van der Waals surface area contributed by atoms with E-state index < -0.39 is 87.0 Å². The zero-order valence-corrected chi connectivity index (χ0v) is 10.1. The first-order chi connectivity index (χ1) is 12.5. The lowest BCUT2D eigenvalue weighted by atomic mass is 10.1. The molecular formula is C15H10O6. The van der Waals surface area contributed by atoms with E-state index in [0.717, 1.165) is 0 Å². The van der Waals surface area contributed by atoms with Gasteiger partial charge in [-0.3, -0.25) is 4.79 Å². The topological polar surface area (TPSA) is 111 Å². The molecule has 0 fully saturated rings. The lowest BCUT2D eigenvalue weighted by Gasteiger charge is -2.07. The molecule has 21 heavy (non-hydrogen) atoms. The molecule has 0 atom stereocenters. The third-order valence-corrected chi connectivity index (χ3v) is 2.64. The van der Waals surface area contributed by atoms with E-state index in [1.807, 2.05) is 0 Å². The number of fused-ring (bicyclic) bond motifs is 1. The third-order valence-electron chi connectivity index (χ3n) is 2.64. The van der Waals surface area contributed by atoms with Crippen LogP contribution < -0.4 is 5.43 Å². The lowest BCUT2D eigenvalue weighted by Crippen LogP contribution is -2.00. The molecule has 4 N–H and O–H groups in total. The molecule has 106 valence electrons. The molecule has 1 aromatic heterocycles. The number of aromatic hydroxyl groups is 4. The quantitative estimate of drug-likeness (QED) is 0.512. The highest BCUT2D eigenvalue weighted by Gasteiger charge is 2.17. The maximum Gasteiger partial charge on any atom is 0.201 e. The summed E-state index contributed by atoms with van der Waals surface area (Å²) in [5, 5.41) is 37.9. The Morgan fingerprint density at radius 2 is 1.62 bits per heavy atom. The van der Waals surface area contributed by atoms with Crippen LogP contribution in [0, 0.1) is 0 Å². The minimum Gasteiger partial charge on any atom is -0.508 e. The van der Waals surface area contributed by atoms with Gasteiger partial charge in [-0.15, -0.1) is 0 Å². The van der Waals surface area contributed by atoms with Crippen molar-refractivity contribution in [1.82, 2.24) is 0 Å². The van der Waals surface area contributed by atoms with Crippen LogP contribution in [0.3, 0.4) is 0 Å². The van der Waals surface area contributed by atoms with Crippen molar-refractivity contribution in [3.05, 3.63) is 46.5 Å². The highest BCUT2D eigenvalue weighted by molar-refractivity contribution is 5.89. The number of hydrogen-bond donors (Lipinski definition) is 4. The van der Waals surface area contributed by atoms with Crippen molar-refractivity contribution in [2.45, 2.75) is 0 Å². The maximum absolute atomic E-state index is 12.5. The van der Waals surface area contributed by atoms with Crippen LogP contribution in [0.15, 0.2) is 45.5 Å². The number of rotatable bonds is 1. The first-order valence-electron chi connectivity index (χ1n) is 8.51. The van der Waals surface area contributed by atoms with Gasteiger partial charge in [0.2, 0.25) is 5.75 Å². The first-order valence-corrected chi connectivity index (χ1v) is 5.51. The fourth-order valence-electron chi connectivity index (χ4n) is 1.68. The average molecular weight is 292 g/mol. The van der Waals surface area contributed by atoms with Crippen LogP contribution in [-0.2, 0) is 0 Å². The molecule has 3 aromatic rings. The summed E-state index contributed by atoms with van der Waals surface area (Å²) in [6, 6.07) is -5.15. The van der Waals surface area contributed by atoms with Gasteiger partial charge in [0.25, 0.3) is 0 Å². The minimum atomic E-state index is -1.24. The van der Waals surface area contributed by atoms with Crippen molar-refractivity contribution in [3.63, 3.8) is 0 Å². The van der Waals surface area contributed by atoms with E-state index >= 15 is 0 Å². The third kappa shape index (κ3) is 2.02. The molecule has 0 amide bonds. The summed E-state index contributed by atoms with van der Waals surface area (Å²) in [5.41, 5.74) is -2.60. The fourth-order valence-corrected chi connectivity index (χ4v) is 1.68. The summed E-state index contributed by atoms with van der Waals surface area (Å²) in [6.07, 6.45) is 0. The van der Waals surface area contributed by atoms with E-state index in [1.54, 1.807) is 0 Å². The molecule has 2 aromatic carbocycles. The molecule has 0 saturated carbocycles. The Bertz CT molecular complexity index is 1170. The van der Waals surface area contributed by atoms with Crippen molar-refractivity contribution in [2.24, 2.45) is 0 Å². The molecular weight excluding hydrogens is 276 g/mol. The molecule has 6 heteroatoms. The first kappa shape index (κ1) is 7.58. The van der Waals surface area contributed by atoms with Gasteiger partial charge in [0, 0.05) is 17.6 Å². The average Bonchev–Trinajstić information content (AvgIpc) is 2.64. The van der Waals surface area contributed by atoms with E-state index in [-0.39, 0.29) is 0 Å². The highest BCUT2D eigenvalue weighted by atomic mass is 16.3. The van der Waals surface area contributed by atoms with Crippen molar-refractivity contribution in [1.29, 1.82) is 0 Å². The van der Waals surface area contributed by atoms with E-state index in [0.29, 0.717) is 0 Å². The lowest BCUT2D eigenvalue weighted by molar-refractivity contribution is 0.370. The standard InChI is InChI=1S/C15H10O6/c16-8-3-1-7(2-4-8)11-5-9(17)13-12(21-11)6-10(18)14(19)15(13)20/h1-6,16,18-20H/i1D,2D,3D,4D,5D,6D. The molecule has 0 spiro atoms. The summed E-state index contributed by atoms with van der Waals surface area (Å²) in [5.74, 6) is -5.07. The molecule has 0 radical (unpaired) electrons. The summed E-state index contributed by atoms with van der Waals surface area (Å²) in [4.78, 5) is 12.5. The molecule has 0 aliphatic rings. The molecule has 0 saturated heterocycles. The van der Waals surface area contributed by atoms with Crippen LogP contribution in [0.4, 0.5) is 0 Å². The van der Waals surface area contributed by atoms with Crippen LogP contribution in [0.1, 0.15) is 8.22 Å². The van der Waals surface area contributed by atoms with Gasteiger partial charge in [-0.05, 0) is 24.2 Å². The Balaban J connectivity index is 2.57. The Morgan fingerprint density at radius 3 is 2.29 bits per heavy atom. The van der Waals surface area contributed by atoms with Crippen LogP contribution >= 0.6 is 0 Å². The second kappa shape index (κ2) is 4.45. The highest BCUT2D eigenvalue weighted by Crippen LogP contribution is 2.40. The Kier molecular flexibility index (Phi) is 1.61. The zero-order valence-electron chi connectivity index (χ0n) is 16.1. The number of phenols is 4. The van der Waals surface area contributed by atoms with Crippen molar-refractivity contribution < 1.29 is 33.1 Å². The normalized spacial score (nSPS) is 14.9. The van der Waals surface area contributed by atoms with Gasteiger partial charge in [0.1, 0.15) is 22.5 Å². The Labute approximate surface area is 126 Å². The predicted octanol–water partition coefficient (Wildman–Crippen LogP) is 2.28. The summed E-state index contributed by atoms with van der Waals surface area (Å²) >= 11 is 0. The van der Waals surface area contributed by atoms with Crippen molar-refractivity contribution in [2.75, 3.05) is 0 Å². The SMILES string of the molecule is [2H]c1c([2H])c(-c2oc3c([2H])c(O)c(O)c(O)c3c(=O)c2[2H])c([2H])c([2H])c1O. The summed E-state index contributed by atoms with van der Waals surface area (Å²) < 4.78 is 51.9. The van der Waals surface area contributed by atoms with Gasteiger partial charge in [-0.25, -0.2) is 0 Å². The maximum atomic E-state index is 12.5. The summed E-state index contributed by atoms with van der Waals surface area (Å²) in [7, 11) is 0. The van der Waals surface area contributed by atoms with Crippen LogP contribution in [0.25, 0.3) is 22.3 Å². The Hall–Kier alpha value is -3.15. The summed E-state index contributed by atoms with van der Waals surface area (Å²) in [6.45, 7) is 0. The molecule has 1 heterocycles. The molecule has 6 nitrogen and oxygen atoms in total. The number of benzene rings is 2. The zero-order chi connectivity index (χ0) is 20.4. The van der Waals surface area contributed by atoms with Crippen LogP contribution in [0.5, 0.6) is 23.0 Å². The monoisotopic (exact) mass is 292 g/mol. The van der Waals surface area contributed by atoms with Gasteiger partial charge in [-0.1, -0.05) is 0 Å². The van der Waals surface area contributed by atoms with Gasteiger partial charge < -0.3 is 24.8 Å². The van der Waals surface area contributed by atoms with E-state index in [1.165, 1.54) is 0 Å². The van der Waals surface area contributed by atoms with Gasteiger partial charge >= 0.3 is 0 Å². The van der Waals surface area contributed by atoms with E-state index in [4.69, 9.17) is 12.6 Å². The van der Waals surface area contributed by atoms with Gasteiger partial charge in [0.15, 0.2) is 16.9 Å². The van der Waals surface area contributed by atoms with Crippen molar-refractivity contribution in [3.8, 4) is 34.3 Å². The van der Waals surface area contributed by atoms with Crippen LogP contribution in [-0.4, -0.2) is 20.4 Å². The number of phenolic OH excluding ortho intramolecular Hbond substituents is 4. The molecule has 0 aliphatic carbocycles. The largest absolute Gasteiger partial charge is 0.508 e. The fraction of sp³-hybridized carbons (Fsp3) is 0. The number of hydrogen-bond acceptors (Lipinski definition) is 6.